The topological polar surface area (TPSA) is 110 Å². The van der Waals surface area contributed by atoms with E-state index in [9.17, 15) is 9.90 Å². The fourth-order valence-corrected chi connectivity index (χ4v) is 4.62. The number of benzene rings is 1. The molecule has 10 heteroatoms. The van der Waals surface area contributed by atoms with Gasteiger partial charge in [-0.25, -0.2) is 23.7 Å². The first-order chi connectivity index (χ1) is 17.0. The van der Waals surface area contributed by atoms with Crippen molar-refractivity contribution in [3.63, 3.8) is 0 Å². The lowest BCUT2D eigenvalue weighted by atomic mass is 10.0. The van der Waals surface area contributed by atoms with Crippen molar-refractivity contribution >= 4 is 22.7 Å². The summed E-state index contributed by atoms with van der Waals surface area (Å²) in [4.78, 5) is 26.6. The Morgan fingerprint density at radius 3 is 2.86 bits per heavy atom. The minimum absolute atomic E-state index is 0.0621. The largest absolute Gasteiger partial charge is 0.384 e. The van der Waals surface area contributed by atoms with Gasteiger partial charge in [0.15, 0.2) is 17.3 Å². The van der Waals surface area contributed by atoms with Crippen molar-refractivity contribution in [1.82, 2.24) is 29.6 Å². The van der Waals surface area contributed by atoms with Crippen LogP contribution in [0.25, 0.3) is 16.9 Å². The van der Waals surface area contributed by atoms with Crippen LogP contribution in [0.2, 0.25) is 0 Å². The first-order valence-electron chi connectivity index (χ1n) is 11.9. The van der Waals surface area contributed by atoms with E-state index >= 15 is 4.39 Å². The van der Waals surface area contributed by atoms with Crippen molar-refractivity contribution in [2.75, 3.05) is 11.9 Å². The zero-order valence-corrected chi connectivity index (χ0v) is 19.4. The molecule has 1 aliphatic heterocycles. The molecule has 0 unspecified atom stereocenters. The second-order valence-corrected chi connectivity index (χ2v) is 9.24. The predicted octanol–water partition coefficient (Wildman–Crippen LogP) is 2.90. The SMILES string of the molecule is CCCn1c(=O)c2cnc(Nc3ccc4c(c3)CNCC4)nc2n1-c1nc(C2(O)CC2)ccc1F. The third kappa shape index (κ3) is 3.78. The molecule has 0 saturated heterocycles. The van der Waals surface area contributed by atoms with Crippen molar-refractivity contribution in [2.45, 2.75) is 51.3 Å². The van der Waals surface area contributed by atoms with Gasteiger partial charge in [-0.3, -0.25) is 4.79 Å². The van der Waals surface area contributed by atoms with E-state index in [0.717, 1.165) is 25.2 Å². The average molecular weight is 476 g/mol. The molecule has 1 saturated carbocycles. The lowest BCUT2D eigenvalue weighted by molar-refractivity contribution is 0.146. The molecule has 0 spiro atoms. The molecule has 9 nitrogen and oxygen atoms in total. The van der Waals surface area contributed by atoms with Crippen LogP contribution in [0, 0.1) is 5.82 Å². The highest BCUT2D eigenvalue weighted by Crippen LogP contribution is 2.44. The van der Waals surface area contributed by atoms with Gasteiger partial charge in [0.2, 0.25) is 5.95 Å². The van der Waals surface area contributed by atoms with Crippen LogP contribution in [0.1, 0.15) is 43.0 Å². The third-order valence-corrected chi connectivity index (χ3v) is 6.69. The first kappa shape index (κ1) is 21.9. The van der Waals surface area contributed by atoms with E-state index in [1.807, 2.05) is 13.0 Å². The highest BCUT2D eigenvalue weighted by atomic mass is 19.1. The molecule has 4 heterocycles. The molecule has 1 aromatic carbocycles. The molecule has 4 aromatic rings. The van der Waals surface area contributed by atoms with Crippen LogP contribution in [0.5, 0.6) is 0 Å². The average Bonchev–Trinajstić information content (AvgIpc) is 3.56. The normalized spacial score (nSPS) is 16.3. The summed E-state index contributed by atoms with van der Waals surface area (Å²) in [6.45, 7) is 4.06. The highest BCUT2D eigenvalue weighted by Gasteiger charge is 2.44. The number of pyridine rings is 1. The van der Waals surface area contributed by atoms with Crippen LogP contribution >= 0.6 is 0 Å². The number of nitrogens with zero attached hydrogens (tertiary/aromatic N) is 5. The fourth-order valence-electron chi connectivity index (χ4n) is 4.62. The van der Waals surface area contributed by atoms with Crippen LogP contribution < -0.4 is 16.2 Å². The number of halogens is 1. The van der Waals surface area contributed by atoms with Gasteiger partial charge in [-0.05, 0) is 67.6 Å². The summed E-state index contributed by atoms with van der Waals surface area (Å²) in [5.74, 6) is -0.371. The third-order valence-electron chi connectivity index (χ3n) is 6.69. The van der Waals surface area contributed by atoms with Gasteiger partial charge in [-0.2, -0.15) is 4.98 Å². The molecule has 1 aliphatic carbocycles. The molecule has 0 amide bonds. The Morgan fingerprint density at radius 2 is 2.06 bits per heavy atom. The molecule has 0 bridgehead atoms. The minimum Gasteiger partial charge on any atom is -0.384 e. The minimum atomic E-state index is -1.04. The number of rotatable bonds is 6. The molecule has 35 heavy (non-hydrogen) atoms. The van der Waals surface area contributed by atoms with Crippen molar-refractivity contribution < 1.29 is 9.50 Å². The summed E-state index contributed by atoms with van der Waals surface area (Å²) in [6, 6.07) is 8.91. The smallest absolute Gasteiger partial charge is 0.278 e. The Labute approximate surface area is 200 Å². The maximum atomic E-state index is 15.1. The Kier molecular flexibility index (Phi) is 5.15. The zero-order chi connectivity index (χ0) is 24.2. The van der Waals surface area contributed by atoms with Crippen LogP contribution in [-0.2, 0) is 25.1 Å². The Hall–Kier alpha value is -3.63. The number of fused-ring (bicyclic) bond motifs is 2. The second-order valence-electron chi connectivity index (χ2n) is 9.24. The number of nitrogens with one attached hydrogen (secondary N) is 2. The summed E-state index contributed by atoms with van der Waals surface area (Å²) in [5.41, 5.74) is 2.66. The number of hydrogen-bond acceptors (Lipinski definition) is 7. The van der Waals surface area contributed by atoms with E-state index in [2.05, 4.69) is 37.7 Å². The summed E-state index contributed by atoms with van der Waals surface area (Å²) in [6.07, 6.45) is 4.26. The van der Waals surface area contributed by atoms with Gasteiger partial charge in [-0.15, -0.1) is 0 Å². The predicted molar refractivity (Wildman–Crippen MR) is 129 cm³/mol. The molecule has 180 valence electrons. The molecule has 2 aliphatic rings. The molecular formula is C25H26FN7O2. The van der Waals surface area contributed by atoms with E-state index in [0.29, 0.717) is 37.4 Å². The standard InChI is InChI=1S/C25H26FN7O2/c1-2-11-32-23(34)18-14-28-24(29-17-4-3-15-7-10-27-13-16(15)12-17)31-21(18)33(32)22-19(26)5-6-20(30-22)25(35)8-9-25/h3-6,12,14,27,35H,2,7-11,13H2,1H3,(H,28,29,31). The molecule has 3 aromatic heterocycles. The van der Waals surface area contributed by atoms with Gasteiger partial charge in [0, 0.05) is 25.0 Å². The number of hydrogen-bond donors (Lipinski definition) is 3. The van der Waals surface area contributed by atoms with Gasteiger partial charge in [-0.1, -0.05) is 13.0 Å². The van der Waals surface area contributed by atoms with Gasteiger partial charge in [0.25, 0.3) is 5.56 Å². The van der Waals surface area contributed by atoms with E-state index in [4.69, 9.17) is 0 Å². The summed E-state index contributed by atoms with van der Waals surface area (Å²) < 4.78 is 17.9. The monoisotopic (exact) mass is 475 g/mol. The molecule has 1 fully saturated rings. The molecule has 6 rings (SSSR count). The van der Waals surface area contributed by atoms with Gasteiger partial charge in [0.1, 0.15) is 11.0 Å². The lowest BCUT2D eigenvalue weighted by Crippen LogP contribution is -2.24. The van der Waals surface area contributed by atoms with Gasteiger partial charge in [0.05, 0.1) is 5.69 Å². The van der Waals surface area contributed by atoms with Crippen LogP contribution in [0.3, 0.4) is 0 Å². The quantitative estimate of drug-likeness (QED) is 0.393. The number of aromatic nitrogens is 5. The van der Waals surface area contributed by atoms with E-state index in [1.54, 1.807) is 0 Å². The van der Waals surface area contributed by atoms with Crippen molar-refractivity contribution in [3.05, 3.63) is 69.5 Å². The zero-order valence-electron chi connectivity index (χ0n) is 19.4. The molecular weight excluding hydrogens is 449 g/mol. The van der Waals surface area contributed by atoms with E-state index in [1.165, 1.54) is 38.8 Å². The Balaban J connectivity index is 1.47. The lowest BCUT2D eigenvalue weighted by Gasteiger charge is -2.18. The number of anilines is 2. The van der Waals surface area contributed by atoms with Crippen molar-refractivity contribution in [1.29, 1.82) is 0 Å². The Bertz CT molecular complexity index is 1510. The van der Waals surface area contributed by atoms with Crippen LogP contribution in [-0.4, -0.2) is 36.0 Å². The van der Waals surface area contributed by atoms with Crippen LogP contribution in [0.4, 0.5) is 16.0 Å². The van der Waals surface area contributed by atoms with Gasteiger partial charge < -0.3 is 15.7 Å². The highest BCUT2D eigenvalue weighted by molar-refractivity contribution is 5.77. The van der Waals surface area contributed by atoms with Gasteiger partial charge >= 0.3 is 0 Å². The first-order valence-corrected chi connectivity index (χ1v) is 11.9. The maximum Gasteiger partial charge on any atom is 0.278 e. The van der Waals surface area contributed by atoms with Crippen molar-refractivity contribution in [3.8, 4) is 5.82 Å². The maximum absolute atomic E-state index is 15.1. The fraction of sp³-hybridized carbons (Fsp3) is 0.360. The second kappa shape index (κ2) is 8.24. The molecule has 3 N–H and O–H groups in total. The number of aliphatic hydroxyl groups is 1. The van der Waals surface area contributed by atoms with E-state index < -0.39 is 11.4 Å². The molecule has 0 atom stereocenters. The van der Waals surface area contributed by atoms with Crippen molar-refractivity contribution in [2.24, 2.45) is 0 Å². The Morgan fingerprint density at radius 1 is 1.20 bits per heavy atom. The summed E-state index contributed by atoms with van der Waals surface area (Å²) in [7, 11) is 0. The van der Waals surface area contributed by atoms with Crippen LogP contribution in [0.15, 0.2) is 41.3 Å². The summed E-state index contributed by atoms with van der Waals surface area (Å²) >= 11 is 0. The van der Waals surface area contributed by atoms with E-state index in [-0.39, 0.29) is 22.4 Å². The summed E-state index contributed by atoms with van der Waals surface area (Å²) in [5, 5.41) is 17.4. The molecule has 0 radical (unpaired) electrons.